The van der Waals surface area contributed by atoms with Gasteiger partial charge in [0.25, 0.3) is 0 Å². The minimum Gasteiger partial charge on any atom is -0.481 e. The van der Waals surface area contributed by atoms with Gasteiger partial charge < -0.3 is 14.4 Å². The van der Waals surface area contributed by atoms with Gasteiger partial charge >= 0.3 is 11.9 Å². The summed E-state index contributed by atoms with van der Waals surface area (Å²) in [5.41, 5.74) is 6.51. The second-order valence-electron chi connectivity index (χ2n) is 10.0. The highest BCUT2D eigenvalue weighted by molar-refractivity contribution is 5.85. The van der Waals surface area contributed by atoms with Crippen molar-refractivity contribution in [3.05, 3.63) is 101 Å². The molecule has 0 unspecified atom stereocenters. The molecule has 1 N–H and O–H groups in total. The van der Waals surface area contributed by atoms with Gasteiger partial charge in [-0.2, -0.15) is 0 Å². The van der Waals surface area contributed by atoms with Gasteiger partial charge in [-0.05, 0) is 60.9 Å². The molecule has 1 atom stereocenters. The van der Waals surface area contributed by atoms with Crippen LogP contribution in [0.1, 0.15) is 60.7 Å². The van der Waals surface area contributed by atoms with Gasteiger partial charge in [0, 0.05) is 11.1 Å². The van der Waals surface area contributed by atoms with Crippen molar-refractivity contribution < 1.29 is 24.0 Å². The lowest BCUT2D eigenvalue weighted by atomic mass is 9.93. The highest BCUT2D eigenvalue weighted by atomic mass is 16.5. The number of hydrogen-bond donors (Lipinski definition) is 1. The molecule has 6 heteroatoms. The maximum atomic E-state index is 12.8. The molecule has 3 aromatic carbocycles. The third-order valence-electron chi connectivity index (χ3n) is 7.52. The van der Waals surface area contributed by atoms with E-state index in [4.69, 9.17) is 9.26 Å². The van der Waals surface area contributed by atoms with Crippen molar-refractivity contribution in [2.45, 2.75) is 58.0 Å². The molecule has 6 nitrogen and oxygen atoms in total. The van der Waals surface area contributed by atoms with Gasteiger partial charge in [-0.25, -0.2) is 0 Å². The number of hydrogen-bond acceptors (Lipinski definition) is 5. The number of carbonyl (C=O) groups excluding carboxylic acids is 1. The Balaban J connectivity index is 1.29. The first-order chi connectivity index (χ1) is 18.3. The number of carboxylic acids is 1. The Morgan fingerprint density at radius 3 is 2.24 bits per heavy atom. The Labute approximate surface area is 222 Å². The molecule has 1 aliphatic carbocycles. The molecule has 0 saturated heterocycles. The lowest BCUT2D eigenvalue weighted by Gasteiger charge is -2.14. The molecule has 4 aromatic rings. The average molecular weight is 510 g/mol. The van der Waals surface area contributed by atoms with E-state index in [-0.39, 0.29) is 18.5 Å². The average Bonchev–Trinajstić information content (AvgIpc) is 3.68. The van der Waals surface area contributed by atoms with Crippen LogP contribution in [0.2, 0.25) is 0 Å². The Bertz CT molecular complexity index is 1460. The molecule has 0 bridgehead atoms. The monoisotopic (exact) mass is 509 g/mol. The van der Waals surface area contributed by atoms with E-state index in [1.54, 1.807) is 0 Å². The number of carbonyl (C=O) groups is 2. The fraction of sp³-hybridized carbons (Fsp3) is 0.281. The van der Waals surface area contributed by atoms with Gasteiger partial charge in [0.1, 0.15) is 6.10 Å². The topological polar surface area (TPSA) is 89.6 Å². The van der Waals surface area contributed by atoms with Gasteiger partial charge in [0.05, 0.1) is 17.5 Å². The molecule has 0 amide bonds. The van der Waals surface area contributed by atoms with Gasteiger partial charge in [0.15, 0.2) is 5.76 Å². The maximum absolute atomic E-state index is 12.8. The number of carboxylic acid groups (broad SMARTS) is 1. The number of aromatic nitrogens is 1. The number of benzene rings is 3. The van der Waals surface area contributed by atoms with E-state index in [2.05, 4.69) is 24.2 Å². The number of rotatable bonds is 9. The predicted octanol–water partition coefficient (Wildman–Crippen LogP) is 6.84. The van der Waals surface area contributed by atoms with Gasteiger partial charge in [0.2, 0.25) is 0 Å². The van der Waals surface area contributed by atoms with Crippen molar-refractivity contribution in [3.63, 3.8) is 0 Å². The van der Waals surface area contributed by atoms with E-state index in [1.165, 1.54) is 5.56 Å². The van der Waals surface area contributed by atoms with Crippen LogP contribution in [0.5, 0.6) is 0 Å². The molecule has 1 saturated carbocycles. The summed E-state index contributed by atoms with van der Waals surface area (Å²) in [4.78, 5) is 24.4. The second kappa shape index (κ2) is 10.3. The standard InChI is InChI=1S/C32H31NO5/c1-4-22-6-5-7-26(18-22)21(3)37-29(34)19-28-20(2)33-38-30(28)25-10-8-23(9-11-25)24-12-14-27(15-13-24)32(16-17-32)31(35)36/h5-15,18,21H,4,16-17,19H2,1-3H3,(H,35,36)/t21-/m1/s1. The minimum atomic E-state index is -0.753. The van der Waals surface area contributed by atoms with Crippen molar-refractivity contribution in [3.8, 4) is 22.5 Å². The summed E-state index contributed by atoms with van der Waals surface area (Å²) in [6.45, 7) is 5.80. The summed E-state index contributed by atoms with van der Waals surface area (Å²) in [5.74, 6) is -0.533. The van der Waals surface area contributed by atoms with E-state index >= 15 is 0 Å². The lowest BCUT2D eigenvalue weighted by Crippen LogP contribution is -2.19. The van der Waals surface area contributed by atoms with Gasteiger partial charge in [-0.1, -0.05) is 84.9 Å². The van der Waals surface area contributed by atoms with Crippen LogP contribution >= 0.6 is 0 Å². The molecule has 38 heavy (non-hydrogen) atoms. The Morgan fingerprint density at radius 2 is 1.63 bits per heavy atom. The van der Waals surface area contributed by atoms with Crippen LogP contribution in [-0.2, 0) is 32.6 Å². The summed E-state index contributed by atoms with van der Waals surface area (Å²) in [6, 6.07) is 23.7. The van der Waals surface area contributed by atoms with Crippen LogP contribution in [0, 0.1) is 6.92 Å². The van der Waals surface area contributed by atoms with E-state index < -0.39 is 11.4 Å². The largest absolute Gasteiger partial charge is 0.481 e. The summed E-state index contributed by atoms with van der Waals surface area (Å²) >= 11 is 0. The van der Waals surface area contributed by atoms with Crippen molar-refractivity contribution >= 4 is 11.9 Å². The van der Waals surface area contributed by atoms with Crippen LogP contribution in [0.3, 0.4) is 0 Å². The van der Waals surface area contributed by atoms with Crippen molar-refractivity contribution in [2.75, 3.05) is 0 Å². The molecule has 1 fully saturated rings. The first-order valence-corrected chi connectivity index (χ1v) is 13.0. The number of ether oxygens (including phenoxy) is 1. The molecule has 0 aliphatic heterocycles. The highest BCUT2D eigenvalue weighted by Crippen LogP contribution is 2.48. The molecule has 0 radical (unpaired) electrons. The summed E-state index contributed by atoms with van der Waals surface area (Å²) < 4.78 is 11.4. The summed E-state index contributed by atoms with van der Waals surface area (Å²) in [6.07, 6.45) is 2.01. The highest BCUT2D eigenvalue weighted by Gasteiger charge is 2.51. The zero-order valence-electron chi connectivity index (χ0n) is 21.9. The molecular weight excluding hydrogens is 478 g/mol. The number of aryl methyl sites for hydroxylation is 2. The van der Waals surface area contributed by atoms with Crippen molar-refractivity contribution in [1.82, 2.24) is 5.16 Å². The minimum absolute atomic E-state index is 0.0665. The molecule has 1 heterocycles. The van der Waals surface area contributed by atoms with E-state index in [0.717, 1.165) is 34.2 Å². The smallest absolute Gasteiger partial charge is 0.314 e. The predicted molar refractivity (Wildman–Crippen MR) is 145 cm³/mol. The van der Waals surface area contributed by atoms with Crippen LogP contribution in [0.4, 0.5) is 0 Å². The number of aliphatic carboxylic acids is 1. The van der Waals surface area contributed by atoms with Gasteiger partial charge in [-0.3, -0.25) is 9.59 Å². The number of esters is 1. The zero-order valence-corrected chi connectivity index (χ0v) is 21.9. The Kier molecular flexibility index (Phi) is 6.89. The van der Waals surface area contributed by atoms with Crippen LogP contribution < -0.4 is 0 Å². The molecule has 0 spiro atoms. The Hall–Kier alpha value is -4.19. The van der Waals surface area contributed by atoms with Gasteiger partial charge in [-0.15, -0.1) is 0 Å². The molecule has 5 rings (SSSR count). The summed E-state index contributed by atoms with van der Waals surface area (Å²) in [5, 5.41) is 13.6. The zero-order chi connectivity index (χ0) is 26.9. The van der Waals surface area contributed by atoms with E-state index in [1.807, 2.05) is 74.5 Å². The summed E-state index contributed by atoms with van der Waals surface area (Å²) in [7, 11) is 0. The first-order valence-electron chi connectivity index (χ1n) is 13.0. The van der Waals surface area contributed by atoms with Crippen LogP contribution in [-0.4, -0.2) is 22.2 Å². The Morgan fingerprint density at radius 1 is 1.00 bits per heavy atom. The lowest BCUT2D eigenvalue weighted by molar-refractivity contribution is -0.147. The normalized spacial score (nSPS) is 14.6. The van der Waals surface area contributed by atoms with Crippen molar-refractivity contribution in [2.24, 2.45) is 0 Å². The quantitative estimate of drug-likeness (QED) is 0.248. The maximum Gasteiger partial charge on any atom is 0.314 e. The third-order valence-corrected chi connectivity index (χ3v) is 7.52. The van der Waals surface area contributed by atoms with E-state index in [0.29, 0.717) is 29.9 Å². The second-order valence-corrected chi connectivity index (χ2v) is 10.0. The molecular formula is C32H31NO5. The molecule has 1 aromatic heterocycles. The molecule has 1 aliphatic rings. The van der Waals surface area contributed by atoms with Crippen molar-refractivity contribution in [1.29, 1.82) is 0 Å². The fourth-order valence-electron chi connectivity index (χ4n) is 4.89. The number of nitrogens with zero attached hydrogens (tertiary/aromatic N) is 1. The SMILES string of the molecule is CCc1cccc([C@@H](C)OC(=O)Cc2c(C)noc2-c2ccc(-c3ccc(C4(C(=O)O)CC4)cc3)cc2)c1. The van der Waals surface area contributed by atoms with Crippen LogP contribution in [0.15, 0.2) is 77.3 Å². The third kappa shape index (κ3) is 4.99. The molecule has 194 valence electrons. The first kappa shape index (κ1) is 25.5. The van der Waals surface area contributed by atoms with E-state index in [9.17, 15) is 14.7 Å². The van der Waals surface area contributed by atoms with Crippen LogP contribution in [0.25, 0.3) is 22.5 Å². The fourth-order valence-corrected chi connectivity index (χ4v) is 4.89.